The quantitative estimate of drug-likeness (QED) is 0.481. The lowest BCUT2D eigenvalue weighted by Crippen LogP contribution is -2.01. The Hall–Kier alpha value is -0.500. The van der Waals surface area contributed by atoms with Crippen LogP contribution in [-0.2, 0) is 0 Å². The monoisotopic (exact) mass is 128 g/mol. The molecule has 2 heteroatoms. The number of hydrogen-bond donors (Lipinski definition) is 2. The summed E-state index contributed by atoms with van der Waals surface area (Å²) < 4.78 is 0. The first-order valence-electron chi connectivity index (χ1n) is 3.25. The molecule has 0 aromatic carbocycles. The van der Waals surface area contributed by atoms with Gasteiger partial charge >= 0.3 is 0 Å². The summed E-state index contributed by atoms with van der Waals surface area (Å²) >= 11 is 0. The molecule has 0 aliphatic heterocycles. The van der Waals surface area contributed by atoms with E-state index in [1.807, 2.05) is 0 Å². The SMILES string of the molecule is CC1C/C(=C/O)C(O)C1. The molecule has 0 aromatic rings. The van der Waals surface area contributed by atoms with E-state index in [9.17, 15) is 0 Å². The maximum Gasteiger partial charge on any atom is 0.0809 e. The summed E-state index contributed by atoms with van der Waals surface area (Å²) in [5, 5.41) is 17.7. The molecule has 1 aliphatic carbocycles. The van der Waals surface area contributed by atoms with Gasteiger partial charge in [0.1, 0.15) is 0 Å². The molecular formula is C7H12O2. The second-order valence-electron chi connectivity index (χ2n) is 2.76. The van der Waals surface area contributed by atoms with Crippen LogP contribution in [0.4, 0.5) is 0 Å². The van der Waals surface area contributed by atoms with Gasteiger partial charge in [0, 0.05) is 0 Å². The molecule has 1 aliphatic rings. The van der Waals surface area contributed by atoms with Crippen molar-refractivity contribution in [2.24, 2.45) is 5.92 Å². The van der Waals surface area contributed by atoms with E-state index in [4.69, 9.17) is 10.2 Å². The molecule has 0 saturated heterocycles. The molecule has 1 fully saturated rings. The Labute approximate surface area is 54.8 Å². The van der Waals surface area contributed by atoms with Gasteiger partial charge in [-0.15, -0.1) is 0 Å². The summed E-state index contributed by atoms with van der Waals surface area (Å²) in [6.07, 6.45) is 2.29. The maximum atomic E-state index is 9.13. The number of rotatable bonds is 0. The number of aliphatic hydroxyl groups is 2. The Morgan fingerprint density at radius 1 is 1.67 bits per heavy atom. The third-order valence-corrected chi connectivity index (χ3v) is 1.80. The van der Waals surface area contributed by atoms with Crippen molar-refractivity contribution in [3.63, 3.8) is 0 Å². The first-order chi connectivity index (χ1) is 4.24. The highest BCUT2D eigenvalue weighted by Gasteiger charge is 2.24. The van der Waals surface area contributed by atoms with Gasteiger partial charge in [-0.2, -0.15) is 0 Å². The molecule has 2 unspecified atom stereocenters. The molecule has 52 valence electrons. The molecule has 0 radical (unpaired) electrons. The minimum atomic E-state index is -0.384. The summed E-state index contributed by atoms with van der Waals surface area (Å²) in [6, 6.07) is 0. The highest BCUT2D eigenvalue weighted by atomic mass is 16.3. The highest BCUT2D eigenvalue weighted by Crippen LogP contribution is 2.29. The lowest BCUT2D eigenvalue weighted by atomic mass is 10.1. The summed E-state index contributed by atoms with van der Waals surface area (Å²) in [5.74, 6) is 0.526. The maximum absolute atomic E-state index is 9.13. The molecular weight excluding hydrogens is 116 g/mol. The molecule has 0 spiro atoms. The van der Waals surface area contributed by atoms with Crippen LogP contribution < -0.4 is 0 Å². The second kappa shape index (κ2) is 2.40. The lowest BCUT2D eigenvalue weighted by molar-refractivity contribution is 0.207. The first kappa shape index (κ1) is 6.62. The van der Waals surface area contributed by atoms with E-state index >= 15 is 0 Å². The highest BCUT2D eigenvalue weighted by molar-refractivity contribution is 5.10. The third kappa shape index (κ3) is 1.24. The van der Waals surface area contributed by atoms with Crippen LogP contribution in [0.15, 0.2) is 11.8 Å². The van der Waals surface area contributed by atoms with Crippen molar-refractivity contribution < 1.29 is 10.2 Å². The molecule has 9 heavy (non-hydrogen) atoms. The van der Waals surface area contributed by atoms with E-state index in [0.717, 1.165) is 24.7 Å². The predicted octanol–water partition coefficient (Wildman–Crippen LogP) is 1.22. The van der Waals surface area contributed by atoms with Crippen molar-refractivity contribution in [1.29, 1.82) is 0 Å². The molecule has 2 N–H and O–H groups in total. The number of hydrogen-bond acceptors (Lipinski definition) is 2. The van der Waals surface area contributed by atoms with Gasteiger partial charge in [0.25, 0.3) is 0 Å². The van der Waals surface area contributed by atoms with Gasteiger partial charge in [-0.1, -0.05) is 6.92 Å². The van der Waals surface area contributed by atoms with Crippen LogP contribution in [0.2, 0.25) is 0 Å². The van der Waals surface area contributed by atoms with E-state index in [1.54, 1.807) is 0 Å². The molecule has 0 bridgehead atoms. The molecule has 1 rings (SSSR count). The van der Waals surface area contributed by atoms with Crippen molar-refractivity contribution in [2.75, 3.05) is 0 Å². The van der Waals surface area contributed by atoms with E-state index in [-0.39, 0.29) is 6.10 Å². The van der Waals surface area contributed by atoms with Crippen molar-refractivity contribution in [3.8, 4) is 0 Å². The van der Waals surface area contributed by atoms with Gasteiger partial charge in [-0.25, -0.2) is 0 Å². The van der Waals surface area contributed by atoms with Crippen molar-refractivity contribution in [1.82, 2.24) is 0 Å². The van der Waals surface area contributed by atoms with Gasteiger partial charge in [-0.05, 0) is 24.3 Å². The van der Waals surface area contributed by atoms with E-state index in [0.29, 0.717) is 5.92 Å². The van der Waals surface area contributed by atoms with Gasteiger partial charge in [-0.3, -0.25) is 0 Å². The number of aliphatic hydroxyl groups excluding tert-OH is 2. The Morgan fingerprint density at radius 2 is 2.33 bits per heavy atom. The zero-order chi connectivity index (χ0) is 6.85. The van der Waals surface area contributed by atoms with Crippen LogP contribution in [0.5, 0.6) is 0 Å². The van der Waals surface area contributed by atoms with E-state index in [2.05, 4.69) is 6.92 Å². The van der Waals surface area contributed by atoms with Crippen molar-refractivity contribution in [3.05, 3.63) is 11.8 Å². The summed E-state index contributed by atoms with van der Waals surface area (Å²) in [7, 11) is 0. The minimum Gasteiger partial charge on any atom is -0.516 e. The van der Waals surface area contributed by atoms with Gasteiger partial charge in [0.15, 0.2) is 0 Å². The zero-order valence-electron chi connectivity index (χ0n) is 5.54. The molecule has 2 atom stereocenters. The average molecular weight is 128 g/mol. The lowest BCUT2D eigenvalue weighted by Gasteiger charge is -1.98. The Balaban J connectivity index is 2.58. The van der Waals surface area contributed by atoms with E-state index < -0.39 is 0 Å². The Bertz CT molecular complexity index is 129. The molecule has 0 aromatic heterocycles. The summed E-state index contributed by atoms with van der Waals surface area (Å²) in [4.78, 5) is 0. The average Bonchev–Trinajstić information content (AvgIpc) is 2.10. The normalized spacial score (nSPS) is 40.0. The van der Waals surface area contributed by atoms with Crippen LogP contribution in [0.1, 0.15) is 19.8 Å². The fourth-order valence-corrected chi connectivity index (χ4v) is 1.29. The Kier molecular flexibility index (Phi) is 1.76. The summed E-state index contributed by atoms with van der Waals surface area (Å²) in [6.45, 7) is 2.07. The zero-order valence-corrected chi connectivity index (χ0v) is 5.54. The second-order valence-corrected chi connectivity index (χ2v) is 2.76. The fourth-order valence-electron chi connectivity index (χ4n) is 1.29. The van der Waals surface area contributed by atoms with E-state index in [1.165, 1.54) is 0 Å². The van der Waals surface area contributed by atoms with Crippen LogP contribution in [-0.4, -0.2) is 16.3 Å². The molecule has 1 saturated carbocycles. The summed E-state index contributed by atoms with van der Waals surface area (Å²) in [5.41, 5.74) is 0.780. The first-order valence-corrected chi connectivity index (χ1v) is 3.25. The molecule has 2 nitrogen and oxygen atoms in total. The third-order valence-electron chi connectivity index (χ3n) is 1.80. The molecule has 0 amide bonds. The van der Waals surface area contributed by atoms with Crippen LogP contribution in [0.3, 0.4) is 0 Å². The van der Waals surface area contributed by atoms with Crippen molar-refractivity contribution >= 4 is 0 Å². The van der Waals surface area contributed by atoms with Crippen LogP contribution in [0, 0.1) is 5.92 Å². The van der Waals surface area contributed by atoms with Crippen LogP contribution in [0.25, 0.3) is 0 Å². The van der Waals surface area contributed by atoms with Gasteiger partial charge < -0.3 is 10.2 Å². The topological polar surface area (TPSA) is 40.5 Å². The van der Waals surface area contributed by atoms with Crippen LogP contribution >= 0.6 is 0 Å². The molecule has 0 heterocycles. The fraction of sp³-hybridized carbons (Fsp3) is 0.714. The standard InChI is InChI=1S/C7H12O2/c1-5-2-6(4-8)7(9)3-5/h4-5,7-9H,2-3H2,1H3/b6-4-. The largest absolute Gasteiger partial charge is 0.516 e. The van der Waals surface area contributed by atoms with Gasteiger partial charge in [0.05, 0.1) is 12.4 Å². The predicted molar refractivity (Wildman–Crippen MR) is 35.1 cm³/mol. The minimum absolute atomic E-state index is 0.384. The van der Waals surface area contributed by atoms with Gasteiger partial charge in [0.2, 0.25) is 0 Å². The smallest absolute Gasteiger partial charge is 0.0809 e. The van der Waals surface area contributed by atoms with Crippen molar-refractivity contribution in [2.45, 2.75) is 25.9 Å². The Morgan fingerprint density at radius 3 is 2.56 bits per heavy atom.